The van der Waals surface area contributed by atoms with Crippen LogP contribution in [0, 0.1) is 0 Å². The Bertz CT molecular complexity index is 1490. The van der Waals surface area contributed by atoms with Crippen LogP contribution in [0.3, 0.4) is 0 Å². The molecule has 0 radical (unpaired) electrons. The molecule has 0 aliphatic carbocycles. The zero-order chi connectivity index (χ0) is 26.4. The third-order valence-electron chi connectivity index (χ3n) is 4.90. The van der Waals surface area contributed by atoms with Crippen LogP contribution >= 0.6 is 38.6 Å². The maximum absolute atomic E-state index is 12.6. The second-order valence-corrected chi connectivity index (χ2v) is 12.4. The molecule has 0 saturated carbocycles. The number of carbonyl (C=O) groups is 2. The molecule has 4 aromatic rings. The van der Waals surface area contributed by atoms with Gasteiger partial charge in [0.25, 0.3) is 15.9 Å². The Morgan fingerprint density at radius 3 is 2.54 bits per heavy atom. The third-order valence-corrected chi connectivity index (χ3v) is 9.31. The number of benzene rings is 2. The molecule has 1 N–H and O–H groups in total. The van der Waals surface area contributed by atoms with Crippen molar-refractivity contribution in [1.29, 1.82) is 0 Å². The summed E-state index contributed by atoms with van der Waals surface area (Å²) in [4.78, 5) is 28.5. The van der Waals surface area contributed by atoms with Crippen LogP contribution in [0.15, 0.2) is 80.1 Å². The summed E-state index contributed by atoms with van der Waals surface area (Å²) in [5.41, 5.74) is 2.05. The first-order valence-corrected chi connectivity index (χ1v) is 14.6. The van der Waals surface area contributed by atoms with Crippen molar-refractivity contribution in [3.8, 4) is 17.0 Å². The number of esters is 1. The van der Waals surface area contributed by atoms with Gasteiger partial charge in [0.15, 0.2) is 18.3 Å². The van der Waals surface area contributed by atoms with Gasteiger partial charge in [0, 0.05) is 22.5 Å². The number of rotatable bonds is 10. The fourth-order valence-corrected chi connectivity index (χ4v) is 6.52. The van der Waals surface area contributed by atoms with Crippen molar-refractivity contribution >= 4 is 71.3 Å². The Morgan fingerprint density at radius 2 is 1.84 bits per heavy atom. The van der Waals surface area contributed by atoms with E-state index in [1.165, 1.54) is 28.8 Å². The molecule has 37 heavy (non-hydrogen) atoms. The smallest absolute Gasteiger partial charge is 0.344 e. The van der Waals surface area contributed by atoms with Gasteiger partial charge in [0.1, 0.15) is 9.96 Å². The number of ether oxygens (including phenoxy) is 2. The monoisotopic (exact) mass is 621 g/mol. The summed E-state index contributed by atoms with van der Waals surface area (Å²) in [6, 6.07) is 17.1. The van der Waals surface area contributed by atoms with E-state index in [1.54, 1.807) is 35.7 Å². The zero-order valence-corrected chi connectivity index (χ0v) is 23.3. The molecule has 2 heterocycles. The summed E-state index contributed by atoms with van der Waals surface area (Å²) in [6.45, 7) is -0.904. The largest absolute Gasteiger partial charge is 0.482 e. The van der Waals surface area contributed by atoms with Crippen LogP contribution in [-0.2, 0) is 24.3 Å². The van der Waals surface area contributed by atoms with Crippen molar-refractivity contribution < 1.29 is 27.5 Å². The van der Waals surface area contributed by atoms with Crippen LogP contribution in [0.5, 0.6) is 5.75 Å². The van der Waals surface area contributed by atoms with Crippen molar-refractivity contribution in [2.45, 2.75) is 4.21 Å². The standard InChI is InChI=1S/C24H20BrN3O6S3/c1-28(37(31,32)23-6-3-11-35-23)18-7-9-19(10-8-18)33-14-22(30)34-13-21(29)27-24-26-20(15-36-24)16-4-2-5-17(25)12-16/h2-12,15H,13-14H2,1H3,(H,26,27,29). The number of nitrogens with one attached hydrogen (secondary N) is 1. The van der Waals surface area contributed by atoms with Gasteiger partial charge >= 0.3 is 5.97 Å². The van der Waals surface area contributed by atoms with E-state index in [0.717, 1.165) is 21.4 Å². The lowest BCUT2D eigenvalue weighted by Gasteiger charge is -2.18. The van der Waals surface area contributed by atoms with Crippen LogP contribution in [0.1, 0.15) is 0 Å². The molecular weight excluding hydrogens is 602 g/mol. The molecular formula is C24H20BrN3O6S3. The molecule has 0 spiro atoms. The normalized spacial score (nSPS) is 11.1. The number of amides is 1. The Hall–Kier alpha value is -3.26. The van der Waals surface area contributed by atoms with Crippen molar-refractivity contribution in [2.24, 2.45) is 0 Å². The number of aromatic nitrogens is 1. The number of sulfonamides is 1. The van der Waals surface area contributed by atoms with Crippen molar-refractivity contribution in [3.05, 3.63) is 75.9 Å². The number of thiazole rings is 1. The molecule has 0 fully saturated rings. The van der Waals surface area contributed by atoms with E-state index in [0.29, 0.717) is 22.3 Å². The van der Waals surface area contributed by atoms with Gasteiger partial charge in [0.2, 0.25) is 0 Å². The summed E-state index contributed by atoms with van der Waals surface area (Å²) in [7, 11) is -2.19. The van der Waals surface area contributed by atoms with Gasteiger partial charge in [-0.1, -0.05) is 34.1 Å². The summed E-state index contributed by atoms with van der Waals surface area (Å²) >= 11 is 5.81. The predicted octanol–water partition coefficient (Wildman–Crippen LogP) is 5.02. The Kier molecular flexibility index (Phi) is 8.59. The van der Waals surface area contributed by atoms with Gasteiger partial charge in [-0.05, 0) is 47.8 Å². The molecule has 0 aliphatic heterocycles. The lowest BCUT2D eigenvalue weighted by Crippen LogP contribution is -2.25. The second kappa shape index (κ2) is 11.9. The molecule has 192 valence electrons. The summed E-state index contributed by atoms with van der Waals surface area (Å²) in [6.07, 6.45) is 0. The quantitative estimate of drug-likeness (QED) is 0.247. The number of halogens is 1. The molecule has 2 aromatic heterocycles. The van der Waals surface area contributed by atoms with Crippen LogP contribution in [0.25, 0.3) is 11.3 Å². The van der Waals surface area contributed by atoms with Crippen molar-refractivity contribution in [3.63, 3.8) is 0 Å². The van der Waals surface area contributed by atoms with Gasteiger partial charge < -0.3 is 9.47 Å². The first-order valence-electron chi connectivity index (χ1n) is 10.6. The van der Waals surface area contributed by atoms with E-state index in [-0.39, 0.29) is 4.21 Å². The van der Waals surface area contributed by atoms with E-state index in [2.05, 4.69) is 26.2 Å². The molecule has 0 saturated heterocycles. The van der Waals surface area contributed by atoms with Crippen molar-refractivity contribution in [1.82, 2.24) is 4.98 Å². The van der Waals surface area contributed by atoms with Gasteiger partial charge in [-0.15, -0.1) is 22.7 Å². The van der Waals surface area contributed by atoms with Gasteiger partial charge in [-0.2, -0.15) is 0 Å². The highest BCUT2D eigenvalue weighted by Gasteiger charge is 2.22. The first kappa shape index (κ1) is 26.8. The number of anilines is 2. The molecule has 1 amide bonds. The summed E-state index contributed by atoms with van der Waals surface area (Å²) in [5.74, 6) is -0.914. The zero-order valence-electron chi connectivity index (χ0n) is 19.3. The van der Waals surface area contributed by atoms with Crippen LogP contribution in [0.4, 0.5) is 10.8 Å². The fraction of sp³-hybridized carbons (Fsp3) is 0.125. The van der Waals surface area contributed by atoms with Gasteiger partial charge in [-0.25, -0.2) is 18.2 Å². The van der Waals surface area contributed by atoms with E-state index in [4.69, 9.17) is 9.47 Å². The average Bonchev–Trinajstić information content (AvgIpc) is 3.59. The lowest BCUT2D eigenvalue weighted by molar-refractivity contribution is -0.149. The Balaban J connectivity index is 1.22. The first-order chi connectivity index (χ1) is 17.7. The minimum atomic E-state index is -3.65. The topological polar surface area (TPSA) is 115 Å². The highest BCUT2D eigenvalue weighted by Crippen LogP contribution is 2.28. The Morgan fingerprint density at radius 1 is 1.05 bits per heavy atom. The number of hydrogen-bond acceptors (Lipinski definition) is 9. The van der Waals surface area contributed by atoms with Crippen LogP contribution in [0.2, 0.25) is 0 Å². The highest BCUT2D eigenvalue weighted by molar-refractivity contribution is 9.10. The minimum absolute atomic E-state index is 0.238. The number of thiophene rings is 1. The highest BCUT2D eigenvalue weighted by atomic mass is 79.9. The van der Waals surface area contributed by atoms with E-state index < -0.39 is 35.1 Å². The van der Waals surface area contributed by atoms with Crippen LogP contribution < -0.4 is 14.4 Å². The predicted molar refractivity (Wildman–Crippen MR) is 147 cm³/mol. The summed E-state index contributed by atoms with van der Waals surface area (Å²) < 4.78 is 37.9. The molecule has 0 atom stereocenters. The molecule has 2 aromatic carbocycles. The summed E-state index contributed by atoms with van der Waals surface area (Å²) in [5, 5.41) is 6.50. The second-order valence-electron chi connectivity index (χ2n) is 7.44. The molecule has 0 bridgehead atoms. The number of hydrogen-bond donors (Lipinski definition) is 1. The molecule has 4 rings (SSSR count). The van der Waals surface area contributed by atoms with Gasteiger partial charge in [0.05, 0.1) is 11.4 Å². The average molecular weight is 623 g/mol. The molecule has 9 nitrogen and oxygen atoms in total. The molecule has 13 heteroatoms. The molecule has 0 unspecified atom stereocenters. The third kappa shape index (κ3) is 6.95. The van der Waals surface area contributed by atoms with Crippen molar-refractivity contribution in [2.75, 3.05) is 29.9 Å². The van der Waals surface area contributed by atoms with E-state index >= 15 is 0 Å². The van der Waals surface area contributed by atoms with Gasteiger partial charge in [-0.3, -0.25) is 14.4 Å². The number of nitrogens with zero attached hydrogens (tertiary/aromatic N) is 2. The minimum Gasteiger partial charge on any atom is -0.482 e. The maximum Gasteiger partial charge on any atom is 0.344 e. The maximum atomic E-state index is 12.6. The Labute approximate surface area is 229 Å². The van der Waals surface area contributed by atoms with E-state index in [9.17, 15) is 18.0 Å². The lowest BCUT2D eigenvalue weighted by atomic mass is 10.2. The van der Waals surface area contributed by atoms with Crippen LogP contribution in [-0.4, -0.2) is 45.5 Å². The molecule has 0 aliphatic rings. The van der Waals surface area contributed by atoms with E-state index in [1.807, 2.05) is 29.6 Å². The number of carbonyl (C=O) groups excluding carboxylic acids is 2. The fourth-order valence-electron chi connectivity index (χ4n) is 3.03. The SMILES string of the molecule is CN(c1ccc(OCC(=O)OCC(=O)Nc2nc(-c3cccc(Br)c3)cs2)cc1)S(=O)(=O)c1cccs1.